The molecular formula is C11H12ClFO2. The first-order valence-electron chi connectivity index (χ1n) is 4.71. The zero-order valence-corrected chi connectivity index (χ0v) is 9.18. The molecule has 0 spiro atoms. The van der Waals surface area contributed by atoms with E-state index in [2.05, 4.69) is 0 Å². The lowest BCUT2D eigenvalue weighted by Gasteiger charge is -2.03. The Kier molecular flexibility index (Phi) is 4.72. The number of carbonyl (C=O) groups is 1. The monoisotopic (exact) mass is 230 g/mol. The molecule has 15 heavy (non-hydrogen) atoms. The number of rotatable bonds is 5. The number of benzene rings is 1. The topological polar surface area (TPSA) is 26.3 Å². The highest BCUT2D eigenvalue weighted by atomic mass is 35.5. The van der Waals surface area contributed by atoms with Crippen LogP contribution >= 0.6 is 11.6 Å². The highest BCUT2D eigenvalue weighted by molar-refractivity contribution is 6.31. The molecule has 0 saturated carbocycles. The standard InChI is InChI=1S/C11H12ClFO2/c1-2-5-15-7-11(14)8-3-4-10(13)9(12)6-8/h3-4,6H,2,5,7H2,1H3. The van der Waals surface area contributed by atoms with Crippen LogP contribution in [-0.2, 0) is 4.74 Å². The van der Waals surface area contributed by atoms with E-state index in [1.807, 2.05) is 6.92 Å². The van der Waals surface area contributed by atoms with Gasteiger partial charge in [-0.3, -0.25) is 4.79 Å². The molecule has 82 valence electrons. The van der Waals surface area contributed by atoms with E-state index in [1.54, 1.807) is 0 Å². The number of halogens is 2. The van der Waals surface area contributed by atoms with Crippen LogP contribution in [0.2, 0.25) is 5.02 Å². The molecule has 0 unspecified atom stereocenters. The molecule has 0 aliphatic carbocycles. The minimum Gasteiger partial charge on any atom is -0.373 e. The van der Waals surface area contributed by atoms with Gasteiger partial charge in [0.2, 0.25) is 0 Å². The maximum Gasteiger partial charge on any atom is 0.188 e. The summed E-state index contributed by atoms with van der Waals surface area (Å²) in [5.74, 6) is -0.715. The summed E-state index contributed by atoms with van der Waals surface area (Å²) in [6, 6.07) is 3.89. The van der Waals surface area contributed by atoms with Crippen LogP contribution in [0.25, 0.3) is 0 Å². The fourth-order valence-electron chi connectivity index (χ4n) is 1.06. The van der Waals surface area contributed by atoms with Gasteiger partial charge in [-0.2, -0.15) is 0 Å². The van der Waals surface area contributed by atoms with Gasteiger partial charge in [-0.25, -0.2) is 4.39 Å². The van der Waals surface area contributed by atoms with Crippen LogP contribution in [0, 0.1) is 5.82 Å². The van der Waals surface area contributed by atoms with Crippen molar-refractivity contribution in [3.63, 3.8) is 0 Å². The Hall–Kier alpha value is -0.930. The predicted molar refractivity (Wildman–Crippen MR) is 56.9 cm³/mol. The van der Waals surface area contributed by atoms with E-state index in [0.717, 1.165) is 6.42 Å². The van der Waals surface area contributed by atoms with Crippen molar-refractivity contribution in [3.05, 3.63) is 34.6 Å². The predicted octanol–water partition coefficient (Wildman–Crippen LogP) is 3.09. The molecule has 0 amide bonds. The Morgan fingerprint density at radius 2 is 2.27 bits per heavy atom. The number of hydrogen-bond acceptors (Lipinski definition) is 2. The number of Topliss-reactive ketones (excluding diaryl/α,β-unsaturated/α-hetero) is 1. The highest BCUT2D eigenvalue weighted by Gasteiger charge is 2.08. The zero-order chi connectivity index (χ0) is 11.3. The molecular weight excluding hydrogens is 219 g/mol. The van der Waals surface area contributed by atoms with Gasteiger partial charge in [-0.15, -0.1) is 0 Å². The molecule has 2 nitrogen and oxygen atoms in total. The molecule has 1 rings (SSSR count). The molecule has 0 aliphatic heterocycles. The number of carbonyl (C=O) groups excluding carboxylic acids is 1. The molecule has 4 heteroatoms. The summed E-state index contributed by atoms with van der Waals surface area (Å²) in [6.45, 7) is 2.51. The van der Waals surface area contributed by atoms with E-state index in [0.29, 0.717) is 12.2 Å². The van der Waals surface area contributed by atoms with E-state index >= 15 is 0 Å². The van der Waals surface area contributed by atoms with Crippen LogP contribution in [0.5, 0.6) is 0 Å². The third kappa shape index (κ3) is 3.61. The minimum absolute atomic E-state index is 0.00972. The fourth-order valence-corrected chi connectivity index (χ4v) is 1.24. The summed E-state index contributed by atoms with van der Waals surface area (Å²) in [6.07, 6.45) is 0.859. The Bertz CT molecular complexity index is 352. The van der Waals surface area contributed by atoms with Gasteiger partial charge in [-0.1, -0.05) is 18.5 Å². The Balaban J connectivity index is 2.62. The first-order valence-corrected chi connectivity index (χ1v) is 5.09. The summed E-state index contributed by atoms with van der Waals surface area (Å²) < 4.78 is 17.9. The third-order valence-electron chi connectivity index (χ3n) is 1.82. The van der Waals surface area contributed by atoms with Crippen molar-refractivity contribution in [2.45, 2.75) is 13.3 Å². The lowest BCUT2D eigenvalue weighted by atomic mass is 10.1. The van der Waals surface area contributed by atoms with Crippen LogP contribution in [0.1, 0.15) is 23.7 Å². The molecule has 0 heterocycles. The second-order valence-corrected chi connectivity index (χ2v) is 3.51. The molecule has 1 aromatic rings. The van der Waals surface area contributed by atoms with Crippen molar-refractivity contribution in [2.24, 2.45) is 0 Å². The average Bonchev–Trinajstić information content (AvgIpc) is 2.22. The van der Waals surface area contributed by atoms with E-state index in [-0.39, 0.29) is 17.4 Å². The Morgan fingerprint density at radius 3 is 2.87 bits per heavy atom. The lowest BCUT2D eigenvalue weighted by Crippen LogP contribution is -2.09. The van der Waals surface area contributed by atoms with Crippen LogP contribution in [0.15, 0.2) is 18.2 Å². The van der Waals surface area contributed by atoms with Gasteiger partial charge >= 0.3 is 0 Å². The second kappa shape index (κ2) is 5.83. The smallest absolute Gasteiger partial charge is 0.188 e. The minimum atomic E-state index is -0.525. The van der Waals surface area contributed by atoms with E-state index in [9.17, 15) is 9.18 Å². The quantitative estimate of drug-likeness (QED) is 0.574. The van der Waals surface area contributed by atoms with Crippen LogP contribution in [-0.4, -0.2) is 19.0 Å². The Labute approximate surface area is 93.0 Å². The largest absolute Gasteiger partial charge is 0.373 e. The van der Waals surface area contributed by atoms with E-state index < -0.39 is 5.82 Å². The highest BCUT2D eigenvalue weighted by Crippen LogP contribution is 2.16. The van der Waals surface area contributed by atoms with Gasteiger partial charge < -0.3 is 4.74 Å². The third-order valence-corrected chi connectivity index (χ3v) is 2.11. The molecule has 1 aromatic carbocycles. The van der Waals surface area contributed by atoms with Gasteiger partial charge in [0.1, 0.15) is 12.4 Å². The fraction of sp³-hybridized carbons (Fsp3) is 0.364. The Morgan fingerprint density at radius 1 is 1.53 bits per heavy atom. The maximum atomic E-state index is 12.8. The number of ketones is 1. The van der Waals surface area contributed by atoms with Crippen molar-refractivity contribution in [1.82, 2.24) is 0 Å². The molecule has 0 radical (unpaired) electrons. The van der Waals surface area contributed by atoms with Crippen LogP contribution in [0.4, 0.5) is 4.39 Å². The van der Waals surface area contributed by atoms with Crippen molar-refractivity contribution >= 4 is 17.4 Å². The van der Waals surface area contributed by atoms with Gasteiger partial charge in [0, 0.05) is 12.2 Å². The van der Waals surface area contributed by atoms with Crippen molar-refractivity contribution in [1.29, 1.82) is 0 Å². The van der Waals surface area contributed by atoms with Crippen molar-refractivity contribution in [2.75, 3.05) is 13.2 Å². The summed E-state index contributed by atoms with van der Waals surface area (Å²) >= 11 is 5.55. The van der Waals surface area contributed by atoms with Crippen LogP contribution in [0.3, 0.4) is 0 Å². The van der Waals surface area contributed by atoms with Crippen molar-refractivity contribution in [3.8, 4) is 0 Å². The summed E-state index contributed by atoms with van der Waals surface area (Å²) in [4.78, 5) is 11.5. The summed E-state index contributed by atoms with van der Waals surface area (Å²) in [5, 5.41) is -0.0451. The number of hydrogen-bond donors (Lipinski definition) is 0. The molecule has 0 saturated heterocycles. The molecule has 0 aliphatic rings. The van der Waals surface area contributed by atoms with E-state index in [4.69, 9.17) is 16.3 Å². The maximum absolute atomic E-state index is 12.8. The molecule has 0 bridgehead atoms. The first-order chi connectivity index (χ1) is 7.15. The van der Waals surface area contributed by atoms with Crippen molar-refractivity contribution < 1.29 is 13.9 Å². The second-order valence-electron chi connectivity index (χ2n) is 3.10. The average molecular weight is 231 g/mol. The zero-order valence-electron chi connectivity index (χ0n) is 8.43. The first kappa shape index (κ1) is 12.1. The normalized spacial score (nSPS) is 10.3. The van der Waals surface area contributed by atoms with E-state index in [1.165, 1.54) is 18.2 Å². The molecule has 0 atom stereocenters. The van der Waals surface area contributed by atoms with Crippen LogP contribution < -0.4 is 0 Å². The summed E-state index contributed by atoms with van der Waals surface area (Å²) in [7, 11) is 0. The van der Waals surface area contributed by atoms with Gasteiger partial charge in [0.15, 0.2) is 5.78 Å². The molecule has 0 N–H and O–H groups in total. The van der Waals surface area contributed by atoms with Gasteiger partial charge in [0.25, 0.3) is 0 Å². The summed E-state index contributed by atoms with van der Waals surface area (Å²) in [5.41, 5.74) is 0.373. The van der Waals surface area contributed by atoms with Gasteiger partial charge in [0.05, 0.1) is 5.02 Å². The number of ether oxygens (including phenoxy) is 1. The lowest BCUT2D eigenvalue weighted by molar-refractivity contribution is 0.0761. The van der Waals surface area contributed by atoms with Gasteiger partial charge in [-0.05, 0) is 24.6 Å². The SMILES string of the molecule is CCCOCC(=O)c1ccc(F)c(Cl)c1. The molecule has 0 fully saturated rings. The molecule has 0 aromatic heterocycles.